The first kappa shape index (κ1) is 13.2. The predicted octanol–water partition coefficient (Wildman–Crippen LogP) is 1.96. The molecule has 2 rings (SSSR count). The molecule has 18 heavy (non-hydrogen) atoms. The lowest BCUT2D eigenvalue weighted by atomic mass is 10.0. The Labute approximate surface area is 109 Å². The smallest absolute Gasteiger partial charge is 0.147 e. The van der Waals surface area contributed by atoms with Gasteiger partial charge in [-0.3, -0.25) is 4.68 Å². The molecule has 0 aromatic carbocycles. The minimum atomic E-state index is 0.330. The quantitative estimate of drug-likeness (QED) is 0.859. The maximum atomic E-state index is 6.15. The number of rotatable bonds is 4. The van der Waals surface area contributed by atoms with E-state index in [1.54, 1.807) is 0 Å². The van der Waals surface area contributed by atoms with Crippen LogP contribution in [0.4, 0.5) is 11.5 Å². The van der Waals surface area contributed by atoms with Gasteiger partial charge >= 0.3 is 0 Å². The minimum absolute atomic E-state index is 0.330. The Hall–Kier alpha value is -1.23. The summed E-state index contributed by atoms with van der Waals surface area (Å²) in [5, 5.41) is 7.90. The van der Waals surface area contributed by atoms with E-state index in [1.165, 1.54) is 0 Å². The molecule has 0 saturated carbocycles. The zero-order valence-corrected chi connectivity index (χ0v) is 11.7. The summed E-state index contributed by atoms with van der Waals surface area (Å²) in [5.41, 5.74) is 7.89. The lowest BCUT2D eigenvalue weighted by Gasteiger charge is -2.16. The Morgan fingerprint density at radius 3 is 2.78 bits per heavy atom. The summed E-state index contributed by atoms with van der Waals surface area (Å²) in [6, 6.07) is 0. The van der Waals surface area contributed by atoms with Crippen LogP contribution in [0, 0.1) is 5.92 Å². The second-order valence-corrected chi connectivity index (χ2v) is 5.43. The Kier molecular flexibility index (Phi) is 3.80. The van der Waals surface area contributed by atoms with Crippen LogP contribution in [0.3, 0.4) is 0 Å². The molecule has 0 bridgehead atoms. The van der Waals surface area contributed by atoms with Gasteiger partial charge in [-0.25, -0.2) is 0 Å². The molecule has 0 radical (unpaired) electrons. The highest BCUT2D eigenvalue weighted by atomic mass is 16.5. The van der Waals surface area contributed by atoms with Crippen LogP contribution in [-0.2, 0) is 11.8 Å². The maximum absolute atomic E-state index is 6.15. The van der Waals surface area contributed by atoms with Crippen molar-refractivity contribution in [3.8, 4) is 0 Å². The van der Waals surface area contributed by atoms with Crippen LogP contribution >= 0.6 is 0 Å². The highest BCUT2D eigenvalue weighted by Crippen LogP contribution is 2.29. The molecular weight excluding hydrogens is 228 g/mol. The number of aromatic nitrogens is 2. The normalized spacial score (nSPS) is 23.8. The largest absolute Gasteiger partial charge is 0.394 e. The maximum Gasteiger partial charge on any atom is 0.147 e. The van der Waals surface area contributed by atoms with E-state index >= 15 is 0 Å². The van der Waals surface area contributed by atoms with Crippen LogP contribution < -0.4 is 11.1 Å². The van der Waals surface area contributed by atoms with Crippen LogP contribution in [0.15, 0.2) is 0 Å². The minimum Gasteiger partial charge on any atom is -0.394 e. The van der Waals surface area contributed by atoms with E-state index in [0.29, 0.717) is 17.9 Å². The van der Waals surface area contributed by atoms with Crippen molar-refractivity contribution >= 4 is 11.5 Å². The molecule has 102 valence electrons. The molecule has 2 atom stereocenters. The fraction of sp³-hybridized carbons (Fsp3) is 0.769. The third-order valence-electron chi connectivity index (χ3n) is 3.72. The summed E-state index contributed by atoms with van der Waals surface area (Å²) < 4.78 is 7.40. The highest BCUT2D eigenvalue weighted by molar-refractivity contribution is 5.65. The van der Waals surface area contributed by atoms with Crippen molar-refractivity contribution in [2.45, 2.75) is 39.2 Å². The van der Waals surface area contributed by atoms with Crippen molar-refractivity contribution in [2.75, 3.05) is 24.2 Å². The van der Waals surface area contributed by atoms with Crippen LogP contribution in [-0.4, -0.2) is 29.0 Å². The lowest BCUT2D eigenvalue weighted by Crippen LogP contribution is -2.22. The van der Waals surface area contributed by atoms with Crippen molar-refractivity contribution in [3.05, 3.63) is 5.69 Å². The Balaban J connectivity index is 2.05. The second-order valence-electron chi connectivity index (χ2n) is 5.43. The SMILES string of the molecule is CC(C)c1nn(C)c(NCC2CCOC2C)c1N. The van der Waals surface area contributed by atoms with Crippen molar-refractivity contribution in [2.24, 2.45) is 13.0 Å². The summed E-state index contributed by atoms with van der Waals surface area (Å²) in [5.74, 6) is 1.83. The molecule has 1 aromatic rings. The average molecular weight is 252 g/mol. The standard InChI is InChI=1S/C13H24N4O/c1-8(2)12-11(14)13(17(4)16-12)15-7-10-5-6-18-9(10)3/h8-10,15H,5-7,14H2,1-4H3. The van der Waals surface area contributed by atoms with Crippen LogP contribution in [0.5, 0.6) is 0 Å². The van der Waals surface area contributed by atoms with Gasteiger partial charge in [0.2, 0.25) is 0 Å². The van der Waals surface area contributed by atoms with E-state index in [4.69, 9.17) is 10.5 Å². The van der Waals surface area contributed by atoms with E-state index in [0.717, 1.165) is 36.8 Å². The van der Waals surface area contributed by atoms with Crippen molar-refractivity contribution in [1.29, 1.82) is 0 Å². The monoisotopic (exact) mass is 252 g/mol. The van der Waals surface area contributed by atoms with E-state index in [1.807, 2.05) is 11.7 Å². The molecule has 3 N–H and O–H groups in total. The topological polar surface area (TPSA) is 65.1 Å². The summed E-state index contributed by atoms with van der Waals surface area (Å²) in [6.45, 7) is 8.10. The molecule has 2 unspecified atom stereocenters. The zero-order valence-electron chi connectivity index (χ0n) is 11.7. The van der Waals surface area contributed by atoms with Crippen LogP contribution in [0.2, 0.25) is 0 Å². The van der Waals surface area contributed by atoms with Crippen LogP contribution in [0.1, 0.15) is 38.8 Å². The summed E-state index contributed by atoms with van der Waals surface area (Å²) >= 11 is 0. The zero-order chi connectivity index (χ0) is 13.3. The average Bonchev–Trinajstić information content (AvgIpc) is 2.82. The number of nitrogens with two attached hydrogens (primary N) is 1. The first-order valence-corrected chi connectivity index (χ1v) is 6.68. The number of aryl methyl sites for hydroxylation is 1. The third kappa shape index (κ3) is 2.46. The molecule has 0 spiro atoms. The van der Waals surface area contributed by atoms with E-state index < -0.39 is 0 Å². The number of nitrogens with one attached hydrogen (secondary N) is 1. The number of anilines is 2. The predicted molar refractivity (Wildman–Crippen MR) is 73.7 cm³/mol. The molecule has 2 heterocycles. The molecule has 1 saturated heterocycles. The number of nitrogens with zero attached hydrogens (tertiary/aromatic N) is 2. The van der Waals surface area contributed by atoms with Crippen molar-refractivity contribution in [1.82, 2.24) is 9.78 Å². The van der Waals surface area contributed by atoms with Gasteiger partial charge in [0, 0.05) is 26.1 Å². The van der Waals surface area contributed by atoms with E-state index in [9.17, 15) is 0 Å². The van der Waals surface area contributed by atoms with Gasteiger partial charge in [0.25, 0.3) is 0 Å². The first-order valence-electron chi connectivity index (χ1n) is 6.68. The van der Waals surface area contributed by atoms with Crippen molar-refractivity contribution in [3.63, 3.8) is 0 Å². The first-order chi connectivity index (χ1) is 8.50. The van der Waals surface area contributed by atoms with Gasteiger partial charge in [-0.05, 0) is 19.3 Å². The molecule has 1 aromatic heterocycles. The Morgan fingerprint density at radius 2 is 2.28 bits per heavy atom. The van der Waals surface area contributed by atoms with Gasteiger partial charge in [-0.15, -0.1) is 0 Å². The number of hydrogen-bond acceptors (Lipinski definition) is 4. The molecule has 1 aliphatic heterocycles. The fourth-order valence-electron chi connectivity index (χ4n) is 2.47. The molecule has 1 fully saturated rings. The second kappa shape index (κ2) is 5.18. The van der Waals surface area contributed by atoms with Gasteiger partial charge in [0.15, 0.2) is 0 Å². The fourth-order valence-corrected chi connectivity index (χ4v) is 2.47. The van der Waals surface area contributed by atoms with Gasteiger partial charge in [0.1, 0.15) is 5.82 Å². The summed E-state index contributed by atoms with van der Waals surface area (Å²) in [4.78, 5) is 0. The van der Waals surface area contributed by atoms with Gasteiger partial charge in [0.05, 0.1) is 17.5 Å². The number of nitrogen functional groups attached to an aromatic ring is 1. The lowest BCUT2D eigenvalue weighted by molar-refractivity contribution is 0.108. The number of ether oxygens (including phenoxy) is 1. The van der Waals surface area contributed by atoms with E-state index in [-0.39, 0.29) is 0 Å². The highest BCUT2D eigenvalue weighted by Gasteiger charge is 2.25. The molecule has 5 nitrogen and oxygen atoms in total. The molecule has 5 heteroatoms. The molecule has 1 aliphatic rings. The van der Waals surface area contributed by atoms with Gasteiger partial charge < -0.3 is 15.8 Å². The molecule has 0 amide bonds. The summed E-state index contributed by atoms with van der Waals surface area (Å²) in [7, 11) is 1.93. The van der Waals surface area contributed by atoms with Gasteiger partial charge in [-0.2, -0.15) is 5.10 Å². The van der Waals surface area contributed by atoms with Crippen molar-refractivity contribution < 1.29 is 4.74 Å². The van der Waals surface area contributed by atoms with Gasteiger partial charge in [-0.1, -0.05) is 13.8 Å². The Morgan fingerprint density at radius 1 is 1.56 bits per heavy atom. The molecular formula is C13H24N4O. The third-order valence-corrected chi connectivity index (χ3v) is 3.72. The molecule has 0 aliphatic carbocycles. The summed E-state index contributed by atoms with van der Waals surface area (Å²) in [6.07, 6.45) is 1.44. The van der Waals surface area contributed by atoms with Crippen LogP contribution in [0.25, 0.3) is 0 Å². The number of hydrogen-bond donors (Lipinski definition) is 2. The van der Waals surface area contributed by atoms with E-state index in [2.05, 4.69) is 31.2 Å². The Bertz CT molecular complexity index is 413.